The van der Waals surface area contributed by atoms with Crippen molar-refractivity contribution in [3.05, 3.63) is 89.7 Å². The summed E-state index contributed by atoms with van der Waals surface area (Å²) in [5, 5.41) is 0. The van der Waals surface area contributed by atoms with Gasteiger partial charge in [-0.3, -0.25) is 9.78 Å². The zero-order valence-electron chi connectivity index (χ0n) is 15.5. The minimum atomic E-state index is -0.0305. The minimum absolute atomic E-state index is 0.0305. The zero-order valence-corrected chi connectivity index (χ0v) is 15.5. The second-order valence-corrected chi connectivity index (χ2v) is 6.93. The van der Waals surface area contributed by atoms with Crippen molar-refractivity contribution < 1.29 is 4.79 Å². The van der Waals surface area contributed by atoms with Gasteiger partial charge in [-0.15, -0.1) is 0 Å². The maximum absolute atomic E-state index is 13.1. The van der Waals surface area contributed by atoms with Gasteiger partial charge < -0.3 is 9.80 Å². The van der Waals surface area contributed by atoms with Gasteiger partial charge in [-0.2, -0.15) is 0 Å². The first-order valence-corrected chi connectivity index (χ1v) is 9.33. The molecule has 0 aliphatic carbocycles. The molecule has 1 aliphatic rings. The second-order valence-electron chi connectivity index (χ2n) is 6.93. The highest BCUT2D eigenvalue weighted by atomic mass is 16.2. The number of carbonyl (C=O) groups excluding carboxylic acids is 1. The Labute approximate surface area is 160 Å². The monoisotopic (exact) mass is 357 g/mol. The van der Waals surface area contributed by atoms with E-state index < -0.39 is 0 Å². The molecule has 4 nitrogen and oxygen atoms in total. The fourth-order valence-corrected chi connectivity index (χ4v) is 3.61. The molecule has 0 bridgehead atoms. The molecule has 136 valence electrons. The molecule has 0 N–H and O–H groups in total. The van der Waals surface area contributed by atoms with Gasteiger partial charge >= 0.3 is 0 Å². The van der Waals surface area contributed by atoms with E-state index in [-0.39, 0.29) is 5.91 Å². The first-order valence-electron chi connectivity index (χ1n) is 9.33. The molecule has 2 aromatic carbocycles. The smallest absolute Gasteiger partial charge is 0.276 e. The van der Waals surface area contributed by atoms with Gasteiger partial charge in [0.05, 0.1) is 0 Å². The molecule has 0 fully saturated rings. The van der Waals surface area contributed by atoms with Crippen LogP contribution in [0.1, 0.15) is 28.0 Å². The molecule has 0 spiro atoms. The Morgan fingerprint density at radius 2 is 1.85 bits per heavy atom. The molecule has 4 rings (SSSR count). The first-order chi connectivity index (χ1) is 13.2. The lowest BCUT2D eigenvalue weighted by molar-refractivity contribution is 0.0980. The van der Waals surface area contributed by atoms with Gasteiger partial charge in [0.1, 0.15) is 5.69 Å². The Morgan fingerprint density at radius 1 is 1.07 bits per heavy atom. The van der Waals surface area contributed by atoms with Crippen LogP contribution < -0.4 is 9.80 Å². The van der Waals surface area contributed by atoms with Crippen molar-refractivity contribution in [1.82, 2.24) is 4.98 Å². The molecule has 1 amide bonds. The molecular formula is C23H23N3O. The zero-order chi connectivity index (χ0) is 18.6. The number of fused-ring (bicyclic) bond motifs is 1. The van der Waals surface area contributed by atoms with Crippen molar-refractivity contribution in [2.24, 2.45) is 0 Å². The minimum Gasteiger partial charge on any atom is -0.370 e. The summed E-state index contributed by atoms with van der Waals surface area (Å²) in [5.74, 6) is -0.0305. The average molecular weight is 357 g/mol. The lowest BCUT2D eigenvalue weighted by atomic mass is 10.0. The lowest BCUT2D eigenvalue weighted by Crippen LogP contribution is -2.36. The van der Waals surface area contributed by atoms with E-state index in [1.807, 2.05) is 60.5 Å². The van der Waals surface area contributed by atoms with Gasteiger partial charge in [0.2, 0.25) is 0 Å². The molecular weight excluding hydrogens is 334 g/mol. The molecule has 4 heteroatoms. The predicted octanol–water partition coefficient (Wildman–Crippen LogP) is 4.31. The first kappa shape index (κ1) is 17.3. The summed E-state index contributed by atoms with van der Waals surface area (Å²) >= 11 is 0. The van der Waals surface area contributed by atoms with Crippen LogP contribution in [0.15, 0.2) is 72.9 Å². The molecule has 1 aliphatic heterocycles. The SMILES string of the molecule is CN(Cc1ccccc1)c1ccnc(C(=O)N2CCCc3ccccc32)c1. The number of hydrogen-bond donors (Lipinski definition) is 0. The van der Waals surface area contributed by atoms with E-state index in [0.717, 1.165) is 37.3 Å². The summed E-state index contributed by atoms with van der Waals surface area (Å²) in [6.07, 6.45) is 3.73. The second kappa shape index (κ2) is 7.62. The van der Waals surface area contributed by atoms with E-state index in [1.165, 1.54) is 11.1 Å². The lowest BCUT2D eigenvalue weighted by Gasteiger charge is -2.29. The van der Waals surface area contributed by atoms with Crippen molar-refractivity contribution >= 4 is 17.3 Å². The van der Waals surface area contributed by atoms with Crippen LogP contribution >= 0.6 is 0 Å². The van der Waals surface area contributed by atoms with Gasteiger partial charge in [0.25, 0.3) is 5.91 Å². The van der Waals surface area contributed by atoms with Gasteiger partial charge in [-0.1, -0.05) is 48.5 Å². The third kappa shape index (κ3) is 3.70. The number of anilines is 2. The van der Waals surface area contributed by atoms with E-state index >= 15 is 0 Å². The van der Waals surface area contributed by atoms with Crippen molar-refractivity contribution in [3.63, 3.8) is 0 Å². The summed E-state index contributed by atoms with van der Waals surface area (Å²) in [6, 6.07) is 22.3. The van der Waals surface area contributed by atoms with Crippen LogP contribution in [0.2, 0.25) is 0 Å². The summed E-state index contributed by atoms with van der Waals surface area (Å²) in [5.41, 5.74) is 4.95. The normalized spacial score (nSPS) is 13.1. The van der Waals surface area contributed by atoms with E-state index in [0.29, 0.717) is 5.69 Å². The van der Waals surface area contributed by atoms with Crippen molar-refractivity contribution in [3.8, 4) is 0 Å². The average Bonchev–Trinajstić information content (AvgIpc) is 2.73. The van der Waals surface area contributed by atoms with Gasteiger partial charge in [0.15, 0.2) is 0 Å². The summed E-state index contributed by atoms with van der Waals surface area (Å²) < 4.78 is 0. The molecule has 0 saturated heterocycles. The number of para-hydroxylation sites is 1. The maximum Gasteiger partial charge on any atom is 0.276 e. The molecule has 27 heavy (non-hydrogen) atoms. The molecule has 0 unspecified atom stereocenters. The number of aromatic nitrogens is 1. The number of nitrogens with zero attached hydrogens (tertiary/aromatic N) is 3. The Hall–Kier alpha value is -3.14. The van der Waals surface area contributed by atoms with Crippen LogP contribution in [0.4, 0.5) is 11.4 Å². The fraction of sp³-hybridized carbons (Fsp3) is 0.217. The summed E-state index contributed by atoms with van der Waals surface area (Å²) in [4.78, 5) is 21.5. The van der Waals surface area contributed by atoms with Crippen molar-refractivity contribution in [1.29, 1.82) is 0 Å². The third-order valence-electron chi connectivity index (χ3n) is 5.02. The van der Waals surface area contributed by atoms with Gasteiger partial charge in [-0.05, 0) is 42.2 Å². The van der Waals surface area contributed by atoms with Crippen LogP contribution in [-0.2, 0) is 13.0 Å². The van der Waals surface area contributed by atoms with Crippen molar-refractivity contribution in [2.45, 2.75) is 19.4 Å². The number of benzene rings is 2. The number of carbonyl (C=O) groups is 1. The van der Waals surface area contributed by atoms with Crippen LogP contribution in [0.5, 0.6) is 0 Å². The Morgan fingerprint density at radius 3 is 2.70 bits per heavy atom. The van der Waals surface area contributed by atoms with Crippen LogP contribution in [-0.4, -0.2) is 24.5 Å². The number of rotatable bonds is 4. The quantitative estimate of drug-likeness (QED) is 0.698. The standard InChI is InChI=1S/C23H23N3O/c1-25(17-18-8-3-2-4-9-18)20-13-14-24-21(16-20)23(27)26-15-7-11-19-10-5-6-12-22(19)26/h2-6,8-10,12-14,16H,7,11,15,17H2,1H3. The Bertz CT molecular complexity index is 939. The van der Waals surface area contributed by atoms with E-state index in [4.69, 9.17) is 0 Å². The highest BCUT2D eigenvalue weighted by Gasteiger charge is 2.24. The summed E-state index contributed by atoms with van der Waals surface area (Å²) in [7, 11) is 2.03. The van der Waals surface area contributed by atoms with Crippen molar-refractivity contribution in [2.75, 3.05) is 23.4 Å². The third-order valence-corrected chi connectivity index (χ3v) is 5.02. The molecule has 3 aromatic rings. The highest BCUT2D eigenvalue weighted by molar-refractivity contribution is 6.05. The van der Waals surface area contributed by atoms with Gasteiger partial charge in [0, 0.05) is 37.7 Å². The van der Waals surface area contributed by atoms with Crippen LogP contribution in [0, 0.1) is 0 Å². The highest BCUT2D eigenvalue weighted by Crippen LogP contribution is 2.28. The molecule has 0 saturated carbocycles. The number of amides is 1. The summed E-state index contributed by atoms with van der Waals surface area (Å²) in [6.45, 7) is 1.52. The molecule has 0 atom stereocenters. The number of aryl methyl sites for hydroxylation is 1. The fourth-order valence-electron chi connectivity index (χ4n) is 3.61. The molecule has 2 heterocycles. The van der Waals surface area contributed by atoms with E-state index in [1.54, 1.807) is 6.20 Å². The largest absolute Gasteiger partial charge is 0.370 e. The molecule has 1 aromatic heterocycles. The van der Waals surface area contributed by atoms with E-state index in [2.05, 4.69) is 28.1 Å². The number of pyridine rings is 1. The van der Waals surface area contributed by atoms with E-state index in [9.17, 15) is 4.79 Å². The van der Waals surface area contributed by atoms with Crippen LogP contribution in [0.3, 0.4) is 0 Å². The Balaban J connectivity index is 1.57. The predicted molar refractivity (Wildman–Crippen MR) is 109 cm³/mol. The number of hydrogen-bond acceptors (Lipinski definition) is 3. The molecule has 0 radical (unpaired) electrons. The van der Waals surface area contributed by atoms with Crippen LogP contribution in [0.25, 0.3) is 0 Å². The topological polar surface area (TPSA) is 36.4 Å². The Kier molecular flexibility index (Phi) is 4.88. The van der Waals surface area contributed by atoms with Gasteiger partial charge in [-0.25, -0.2) is 0 Å². The maximum atomic E-state index is 13.1.